The van der Waals surface area contributed by atoms with Gasteiger partial charge in [-0.05, 0) is 43.2 Å². The Hall–Kier alpha value is -3.04. The van der Waals surface area contributed by atoms with Gasteiger partial charge in [-0.3, -0.25) is 14.7 Å². The molecule has 0 radical (unpaired) electrons. The number of hydrogen-bond acceptors (Lipinski definition) is 7. The zero-order valence-corrected chi connectivity index (χ0v) is 17.8. The fourth-order valence-electron chi connectivity index (χ4n) is 3.98. The summed E-state index contributed by atoms with van der Waals surface area (Å²) >= 11 is 0. The van der Waals surface area contributed by atoms with Crippen LogP contribution in [0.1, 0.15) is 28.5 Å². The summed E-state index contributed by atoms with van der Waals surface area (Å²) in [5, 5.41) is 3.34. The van der Waals surface area contributed by atoms with Crippen LogP contribution in [0.4, 0.5) is 21.5 Å². The first kappa shape index (κ1) is 21.2. The number of anilines is 2. The average molecular weight is 426 g/mol. The molecule has 8 nitrogen and oxygen atoms in total. The van der Waals surface area contributed by atoms with Crippen LogP contribution in [0.3, 0.4) is 0 Å². The topological polar surface area (TPSA) is 96.1 Å². The third kappa shape index (κ3) is 4.67. The Bertz CT molecular complexity index is 1020. The van der Waals surface area contributed by atoms with Crippen LogP contribution in [0, 0.1) is 12.9 Å². The number of primary amides is 1. The number of rotatable bonds is 4. The second kappa shape index (κ2) is 8.99. The van der Waals surface area contributed by atoms with E-state index >= 15 is 0 Å². The minimum absolute atomic E-state index is 0.0622. The van der Waals surface area contributed by atoms with Crippen LogP contribution in [0.2, 0.25) is 0 Å². The summed E-state index contributed by atoms with van der Waals surface area (Å²) in [5.74, 6) is -1.39. The lowest BCUT2D eigenvalue weighted by Crippen LogP contribution is -2.46. The number of carbonyl (C=O) groups is 1. The van der Waals surface area contributed by atoms with Crippen molar-refractivity contribution in [2.75, 3.05) is 49.7 Å². The number of nitrogens with one attached hydrogen (secondary N) is 1. The van der Waals surface area contributed by atoms with Gasteiger partial charge in [0.25, 0.3) is 5.91 Å². The van der Waals surface area contributed by atoms with Crippen LogP contribution >= 0.6 is 0 Å². The molecule has 0 aliphatic carbocycles. The molecule has 1 aromatic heterocycles. The first-order chi connectivity index (χ1) is 14.9. The number of ether oxygens (including phenoxy) is 1. The number of nitrogens with zero attached hydrogens (tertiary/aromatic N) is 4. The Labute approximate surface area is 180 Å². The summed E-state index contributed by atoms with van der Waals surface area (Å²) in [6.45, 7) is 8.79. The van der Waals surface area contributed by atoms with Crippen molar-refractivity contribution in [3.8, 4) is 0 Å². The third-order valence-corrected chi connectivity index (χ3v) is 5.72. The van der Waals surface area contributed by atoms with Crippen LogP contribution < -0.4 is 16.0 Å². The lowest BCUT2D eigenvalue weighted by molar-refractivity contribution is 0.0994. The van der Waals surface area contributed by atoms with Gasteiger partial charge in [0.05, 0.1) is 23.7 Å². The Kier molecular flexibility index (Phi) is 6.15. The number of pyridine rings is 1. The minimum atomic E-state index is -0.732. The lowest BCUT2D eigenvalue weighted by Gasteiger charge is -2.36. The number of carbonyl (C=O) groups excluding carboxylic acids is 1. The molecule has 1 fully saturated rings. The molecule has 2 aromatic rings. The van der Waals surface area contributed by atoms with Crippen molar-refractivity contribution >= 4 is 28.7 Å². The van der Waals surface area contributed by atoms with Gasteiger partial charge in [0, 0.05) is 38.4 Å². The highest BCUT2D eigenvalue weighted by Gasteiger charge is 2.22. The fourth-order valence-corrected chi connectivity index (χ4v) is 3.98. The number of aliphatic imine (C=N–C) groups is 1. The Morgan fingerprint density at radius 3 is 2.68 bits per heavy atom. The molecule has 0 atom stereocenters. The molecule has 0 bridgehead atoms. The van der Waals surface area contributed by atoms with E-state index in [0.29, 0.717) is 32.1 Å². The quantitative estimate of drug-likeness (QED) is 0.729. The number of amides is 1. The summed E-state index contributed by atoms with van der Waals surface area (Å²) in [7, 11) is 0. The molecule has 9 heteroatoms. The van der Waals surface area contributed by atoms with E-state index in [1.54, 1.807) is 6.07 Å². The van der Waals surface area contributed by atoms with Gasteiger partial charge in [-0.1, -0.05) is 6.07 Å². The molecule has 0 spiro atoms. The standard InChI is InChI=1S/C22H27FN6O2/c1-14-12-31-13-25-20-15(2)16(3-4-17(20)26-14)11-28-7-9-29(10-8-28)19-6-5-18(22(24)30)27-21(19)23/h3-6,25H,7-13H2,1-2H3,(H2,24,30)/b26-14-. The van der Waals surface area contributed by atoms with Crippen molar-refractivity contribution in [1.82, 2.24) is 9.88 Å². The molecule has 2 aliphatic heterocycles. The molecule has 1 aromatic carbocycles. The molecule has 2 aliphatic rings. The van der Waals surface area contributed by atoms with E-state index < -0.39 is 11.9 Å². The zero-order valence-electron chi connectivity index (χ0n) is 17.8. The minimum Gasteiger partial charge on any atom is -0.365 e. The summed E-state index contributed by atoms with van der Waals surface area (Å²) in [5.41, 5.74) is 10.8. The number of aromatic nitrogens is 1. The Morgan fingerprint density at radius 2 is 1.97 bits per heavy atom. The lowest BCUT2D eigenvalue weighted by atomic mass is 10.0. The number of piperazine rings is 1. The molecule has 4 rings (SSSR count). The van der Waals surface area contributed by atoms with E-state index in [1.165, 1.54) is 17.2 Å². The fraction of sp³-hybridized carbons (Fsp3) is 0.409. The van der Waals surface area contributed by atoms with Crippen LogP contribution in [-0.2, 0) is 11.3 Å². The molecule has 3 N–H and O–H groups in total. The molecule has 3 heterocycles. The summed E-state index contributed by atoms with van der Waals surface area (Å²) in [4.78, 5) is 23.8. The van der Waals surface area contributed by atoms with Crippen LogP contribution in [0.25, 0.3) is 0 Å². The number of halogens is 1. The first-order valence-electron chi connectivity index (χ1n) is 10.3. The number of benzene rings is 1. The predicted molar refractivity (Wildman–Crippen MR) is 119 cm³/mol. The monoisotopic (exact) mass is 426 g/mol. The largest absolute Gasteiger partial charge is 0.365 e. The van der Waals surface area contributed by atoms with Gasteiger partial charge >= 0.3 is 0 Å². The SMILES string of the molecule is C/C1=N/c2ccc(CN3CCN(c4ccc(C(N)=O)nc4F)CC3)c(C)c2NCOC1. The molecule has 1 amide bonds. The Balaban J connectivity index is 1.43. The second-order valence-corrected chi connectivity index (χ2v) is 7.89. The van der Waals surface area contributed by atoms with Crippen molar-refractivity contribution in [2.45, 2.75) is 20.4 Å². The maximum Gasteiger partial charge on any atom is 0.267 e. The van der Waals surface area contributed by atoms with E-state index in [2.05, 4.69) is 39.2 Å². The summed E-state index contributed by atoms with van der Waals surface area (Å²) in [6, 6.07) is 7.23. The van der Waals surface area contributed by atoms with Gasteiger partial charge in [0.1, 0.15) is 12.4 Å². The van der Waals surface area contributed by atoms with E-state index in [4.69, 9.17) is 10.5 Å². The zero-order chi connectivity index (χ0) is 22.0. The van der Waals surface area contributed by atoms with E-state index in [0.717, 1.165) is 36.7 Å². The van der Waals surface area contributed by atoms with Crippen molar-refractivity contribution < 1.29 is 13.9 Å². The molecule has 0 unspecified atom stereocenters. The summed E-state index contributed by atoms with van der Waals surface area (Å²) < 4.78 is 19.9. The van der Waals surface area contributed by atoms with E-state index in [-0.39, 0.29) is 5.69 Å². The summed E-state index contributed by atoms with van der Waals surface area (Å²) in [6.07, 6.45) is 0. The molecular formula is C22H27FN6O2. The second-order valence-electron chi connectivity index (χ2n) is 7.89. The average Bonchev–Trinajstić information content (AvgIpc) is 2.73. The highest BCUT2D eigenvalue weighted by Crippen LogP contribution is 2.33. The molecule has 31 heavy (non-hydrogen) atoms. The van der Waals surface area contributed by atoms with Gasteiger partial charge in [-0.15, -0.1) is 0 Å². The van der Waals surface area contributed by atoms with E-state index in [1.807, 2.05) is 11.8 Å². The van der Waals surface area contributed by atoms with Gasteiger partial charge in [0.15, 0.2) is 0 Å². The van der Waals surface area contributed by atoms with Gasteiger partial charge < -0.3 is 20.7 Å². The maximum absolute atomic E-state index is 14.3. The highest BCUT2D eigenvalue weighted by atomic mass is 19.1. The Morgan fingerprint density at radius 1 is 1.19 bits per heavy atom. The van der Waals surface area contributed by atoms with Gasteiger partial charge in [-0.2, -0.15) is 4.39 Å². The van der Waals surface area contributed by atoms with Crippen LogP contribution in [0.15, 0.2) is 29.3 Å². The van der Waals surface area contributed by atoms with Crippen LogP contribution in [0.5, 0.6) is 0 Å². The van der Waals surface area contributed by atoms with Crippen LogP contribution in [-0.4, -0.2) is 61.0 Å². The van der Waals surface area contributed by atoms with Crippen molar-refractivity contribution in [2.24, 2.45) is 10.7 Å². The first-order valence-corrected chi connectivity index (χ1v) is 10.3. The normalized spacial score (nSPS) is 18.9. The van der Waals surface area contributed by atoms with Crippen molar-refractivity contribution in [1.29, 1.82) is 0 Å². The maximum atomic E-state index is 14.3. The van der Waals surface area contributed by atoms with Gasteiger partial charge in [-0.25, -0.2) is 4.98 Å². The third-order valence-electron chi connectivity index (χ3n) is 5.72. The van der Waals surface area contributed by atoms with Crippen molar-refractivity contribution in [3.63, 3.8) is 0 Å². The van der Waals surface area contributed by atoms with E-state index in [9.17, 15) is 9.18 Å². The predicted octanol–water partition coefficient (Wildman–Crippen LogP) is 2.44. The number of fused-ring (bicyclic) bond motifs is 1. The molecule has 1 saturated heterocycles. The molecule has 0 saturated carbocycles. The molecule has 164 valence electrons. The van der Waals surface area contributed by atoms with Crippen molar-refractivity contribution in [3.05, 3.63) is 47.0 Å². The highest BCUT2D eigenvalue weighted by molar-refractivity contribution is 5.91. The van der Waals surface area contributed by atoms with Gasteiger partial charge in [0.2, 0.25) is 5.95 Å². The molecular weight excluding hydrogens is 399 g/mol. The number of nitrogens with two attached hydrogens (primary N) is 1. The smallest absolute Gasteiger partial charge is 0.267 e. The number of hydrogen-bond donors (Lipinski definition) is 2.